The summed E-state index contributed by atoms with van der Waals surface area (Å²) in [5.41, 5.74) is 4.16. The fourth-order valence-electron chi connectivity index (χ4n) is 5.01. The molecule has 3 aromatic rings. The molecule has 1 aromatic heterocycles. The molecule has 0 unspecified atom stereocenters. The molecule has 3 amide bonds. The lowest BCUT2D eigenvalue weighted by atomic mass is 9.96. The maximum Gasteiger partial charge on any atom is 0.319 e. The fourth-order valence-corrected chi connectivity index (χ4v) is 5.01. The summed E-state index contributed by atoms with van der Waals surface area (Å²) in [6.45, 7) is 5.61. The minimum atomic E-state index is -0.111. The van der Waals surface area contributed by atoms with Crippen molar-refractivity contribution in [1.82, 2.24) is 19.6 Å². The summed E-state index contributed by atoms with van der Waals surface area (Å²) in [6, 6.07) is 20.5. The largest absolute Gasteiger partial charge is 0.325 e. The number of piperidine rings is 1. The Morgan fingerprint density at radius 3 is 2.34 bits per heavy atom. The fraction of sp³-hybridized carbons (Fsp3) is 0.393. The molecular weight excluding hydrogens is 438 g/mol. The van der Waals surface area contributed by atoms with Crippen molar-refractivity contribution in [2.45, 2.75) is 39.2 Å². The molecule has 0 atom stereocenters. The zero-order chi connectivity index (χ0) is 24.2. The normalized spacial score (nSPS) is 16.5. The summed E-state index contributed by atoms with van der Waals surface area (Å²) in [5, 5.41) is 7.99. The number of benzene rings is 2. The molecule has 2 aliphatic rings. The highest BCUT2D eigenvalue weighted by atomic mass is 16.2. The monoisotopic (exact) mass is 471 g/mol. The molecule has 3 heterocycles. The molecule has 182 valence electrons. The van der Waals surface area contributed by atoms with E-state index in [1.54, 1.807) is 0 Å². The van der Waals surface area contributed by atoms with Crippen LogP contribution in [0.2, 0.25) is 0 Å². The number of hydrogen-bond acceptors (Lipinski definition) is 3. The van der Waals surface area contributed by atoms with Crippen LogP contribution in [-0.2, 0) is 11.3 Å². The molecule has 7 nitrogen and oxygen atoms in total. The average Bonchev–Trinajstić information content (AvgIpc) is 3.55. The Labute approximate surface area is 206 Å². The van der Waals surface area contributed by atoms with Gasteiger partial charge in [-0.1, -0.05) is 54.1 Å². The zero-order valence-corrected chi connectivity index (χ0v) is 20.3. The van der Waals surface area contributed by atoms with E-state index in [9.17, 15) is 9.59 Å². The van der Waals surface area contributed by atoms with Gasteiger partial charge < -0.3 is 15.1 Å². The number of nitrogens with one attached hydrogen (secondary N) is 1. The van der Waals surface area contributed by atoms with Crippen LogP contribution < -0.4 is 5.32 Å². The number of carbonyl (C=O) groups excluding carboxylic acids is 2. The van der Waals surface area contributed by atoms with Crippen molar-refractivity contribution in [1.29, 1.82) is 0 Å². The van der Waals surface area contributed by atoms with Crippen molar-refractivity contribution in [2.24, 2.45) is 5.92 Å². The van der Waals surface area contributed by atoms with Crippen molar-refractivity contribution in [3.63, 3.8) is 0 Å². The lowest BCUT2D eigenvalue weighted by molar-refractivity contribution is -0.121. The summed E-state index contributed by atoms with van der Waals surface area (Å²) in [6.07, 6.45) is 3.55. The number of urea groups is 1. The number of rotatable bonds is 5. The molecule has 5 rings (SSSR count). The quantitative estimate of drug-likeness (QED) is 0.583. The maximum atomic E-state index is 13.2. The summed E-state index contributed by atoms with van der Waals surface area (Å²) >= 11 is 0. The number of carbonyl (C=O) groups is 2. The van der Waals surface area contributed by atoms with Gasteiger partial charge in [-0.15, -0.1) is 0 Å². The summed E-state index contributed by atoms with van der Waals surface area (Å²) < 4.78 is 1.87. The number of likely N-dealkylation sites (tertiary alicyclic amines) is 2. The summed E-state index contributed by atoms with van der Waals surface area (Å²) in [5.74, 6) is 0.592. The van der Waals surface area contributed by atoms with Crippen LogP contribution in [0.15, 0.2) is 60.7 Å². The highest BCUT2D eigenvalue weighted by Gasteiger charge is 2.31. The van der Waals surface area contributed by atoms with Gasteiger partial charge in [0.2, 0.25) is 5.91 Å². The van der Waals surface area contributed by atoms with Crippen molar-refractivity contribution >= 4 is 17.8 Å². The Balaban J connectivity index is 1.29. The maximum absolute atomic E-state index is 13.2. The van der Waals surface area contributed by atoms with Gasteiger partial charge in [-0.05, 0) is 44.2 Å². The number of hydrogen-bond donors (Lipinski definition) is 1. The van der Waals surface area contributed by atoms with E-state index in [-0.39, 0.29) is 17.9 Å². The number of nitrogens with zero attached hydrogens (tertiary/aromatic N) is 4. The Bertz CT molecular complexity index is 1180. The van der Waals surface area contributed by atoms with Crippen LogP contribution in [-0.4, -0.2) is 57.7 Å². The number of aromatic nitrogens is 2. The molecule has 1 N–H and O–H groups in total. The van der Waals surface area contributed by atoms with Crippen LogP contribution in [0.3, 0.4) is 0 Å². The Morgan fingerprint density at radius 1 is 0.914 bits per heavy atom. The second-order valence-electron chi connectivity index (χ2n) is 9.65. The van der Waals surface area contributed by atoms with Crippen LogP contribution in [0, 0.1) is 12.8 Å². The van der Waals surface area contributed by atoms with Gasteiger partial charge in [0.15, 0.2) is 0 Å². The van der Waals surface area contributed by atoms with Gasteiger partial charge in [-0.3, -0.25) is 4.79 Å². The summed E-state index contributed by atoms with van der Waals surface area (Å²) in [4.78, 5) is 29.8. The third-order valence-electron chi connectivity index (χ3n) is 7.03. The third kappa shape index (κ3) is 5.39. The van der Waals surface area contributed by atoms with Crippen LogP contribution in [0.4, 0.5) is 10.6 Å². The SMILES string of the molecule is Cc1cccc(-c2cc(NC(=O)C3CCN(C(=O)N4CCCC4)CC3)n(Cc3ccccc3)n2)c1. The number of amides is 3. The minimum Gasteiger partial charge on any atom is -0.325 e. The predicted octanol–water partition coefficient (Wildman–Crippen LogP) is 4.77. The van der Waals surface area contributed by atoms with Crippen LogP contribution in [0.1, 0.15) is 36.8 Å². The molecular formula is C28H33N5O2. The molecule has 35 heavy (non-hydrogen) atoms. The highest BCUT2D eigenvalue weighted by molar-refractivity contribution is 5.92. The van der Waals surface area contributed by atoms with Gasteiger partial charge in [0, 0.05) is 43.7 Å². The molecule has 0 saturated carbocycles. The van der Waals surface area contributed by atoms with Crippen molar-refractivity contribution in [3.8, 4) is 11.3 Å². The topological polar surface area (TPSA) is 70.5 Å². The molecule has 0 aliphatic carbocycles. The van der Waals surface area contributed by atoms with E-state index >= 15 is 0 Å². The molecule has 2 saturated heterocycles. The lowest BCUT2D eigenvalue weighted by Crippen LogP contribution is -2.47. The van der Waals surface area contributed by atoms with Gasteiger partial charge in [0.25, 0.3) is 0 Å². The molecule has 2 fully saturated rings. The van der Waals surface area contributed by atoms with Gasteiger partial charge in [-0.2, -0.15) is 5.10 Å². The van der Waals surface area contributed by atoms with Crippen LogP contribution in [0.25, 0.3) is 11.3 Å². The first-order chi connectivity index (χ1) is 17.1. The van der Waals surface area contributed by atoms with E-state index in [4.69, 9.17) is 5.10 Å². The first-order valence-electron chi connectivity index (χ1n) is 12.6. The van der Waals surface area contributed by atoms with Crippen LogP contribution in [0.5, 0.6) is 0 Å². The smallest absolute Gasteiger partial charge is 0.319 e. The lowest BCUT2D eigenvalue weighted by Gasteiger charge is -2.34. The molecule has 0 spiro atoms. The van der Waals surface area contributed by atoms with E-state index in [0.717, 1.165) is 42.8 Å². The van der Waals surface area contributed by atoms with Gasteiger partial charge >= 0.3 is 6.03 Å². The van der Waals surface area contributed by atoms with Gasteiger partial charge in [0.1, 0.15) is 5.82 Å². The van der Waals surface area contributed by atoms with Crippen LogP contribution >= 0.6 is 0 Å². The Hall–Kier alpha value is -3.61. The second-order valence-corrected chi connectivity index (χ2v) is 9.65. The number of anilines is 1. The molecule has 7 heteroatoms. The highest BCUT2D eigenvalue weighted by Crippen LogP contribution is 2.26. The second kappa shape index (κ2) is 10.3. The van der Waals surface area contributed by atoms with E-state index in [0.29, 0.717) is 38.3 Å². The molecule has 2 aliphatic heterocycles. The average molecular weight is 472 g/mol. The van der Waals surface area contributed by atoms with Gasteiger partial charge in [-0.25, -0.2) is 9.48 Å². The number of aryl methyl sites for hydroxylation is 1. The molecule has 2 aromatic carbocycles. The van der Waals surface area contributed by atoms with E-state index in [2.05, 4.69) is 36.5 Å². The van der Waals surface area contributed by atoms with E-state index in [1.807, 2.05) is 50.9 Å². The van der Waals surface area contributed by atoms with Crippen molar-refractivity contribution in [3.05, 3.63) is 71.8 Å². The first kappa shape index (κ1) is 23.1. The predicted molar refractivity (Wildman–Crippen MR) is 137 cm³/mol. The van der Waals surface area contributed by atoms with Gasteiger partial charge in [0.05, 0.1) is 12.2 Å². The standard InChI is InChI=1S/C28H33N5O2/c1-21-8-7-11-24(18-21)25-19-26(33(30-25)20-22-9-3-2-4-10-22)29-27(34)23-12-16-32(17-13-23)28(35)31-14-5-6-15-31/h2-4,7-11,18-19,23H,5-6,12-17,20H2,1H3,(H,29,34). The molecule has 0 radical (unpaired) electrons. The van der Waals surface area contributed by atoms with Crippen molar-refractivity contribution in [2.75, 3.05) is 31.5 Å². The van der Waals surface area contributed by atoms with E-state index < -0.39 is 0 Å². The Morgan fingerprint density at radius 2 is 1.63 bits per heavy atom. The zero-order valence-electron chi connectivity index (χ0n) is 20.3. The van der Waals surface area contributed by atoms with E-state index in [1.165, 1.54) is 5.56 Å². The first-order valence-corrected chi connectivity index (χ1v) is 12.6. The van der Waals surface area contributed by atoms with Crippen molar-refractivity contribution < 1.29 is 9.59 Å². The molecule has 0 bridgehead atoms. The minimum absolute atomic E-state index is 0.00303. The summed E-state index contributed by atoms with van der Waals surface area (Å²) in [7, 11) is 0. The third-order valence-corrected chi connectivity index (χ3v) is 7.03. The Kier molecular flexibility index (Phi) is 6.84.